The Labute approximate surface area is 112 Å². The van der Waals surface area contributed by atoms with Gasteiger partial charge in [-0.05, 0) is 44.4 Å². The van der Waals surface area contributed by atoms with Crippen LogP contribution in [0.25, 0.3) is 11.0 Å². The van der Waals surface area contributed by atoms with Crippen molar-refractivity contribution in [2.45, 2.75) is 44.6 Å². The molecule has 1 aliphatic rings. The molecule has 3 rings (SSSR count). The number of aliphatic carboxylic acids is 1. The molecule has 0 unspecified atom stereocenters. The summed E-state index contributed by atoms with van der Waals surface area (Å²) in [6.07, 6.45) is 4.29. The largest absolute Gasteiger partial charge is 0.481 e. The number of carbonyl (C=O) groups is 1. The van der Waals surface area contributed by atoms with Crippen LogP contribution in [0.1, 0.15) is 44.7 Å². The van der Waals surface area contributed by atoms with Crippen LogP contribution in [0, 0.1) is 0 Å². The van der Waals surface area contributed by atoms with Gasteiger partial charge in [0.2, 0.25) is 0 Å². The highest BCUT2D eigenvalue weighted by Crippen LogP contribution is 2.44. The fourth-order valence-corrected chi connectivity index (χ4v) is 2.90. The molecule has 1 aromatic heterocycles. The summed E-state index contributed by atoms with van der Waals surface area (Å²) in [4.78, 5) is 15.9. The second-order valence-corrected chi connectivity index (χ2v) is 5.69. The Kier molecular flexibility index (Phi) is 2.62. The number of fused-ring (bicyclic) bond motifs is 1. The second kappa shape index (κ2) is 4.08. The van der Waals surface area contributed by atoms with E-state index in [1.54, 1.807) is 0 Å². The van der Waals surface area contributed by atoms with Gasteiger partial charge in [-0.25, -0.2) is 4.98 Å². The number of hydrogen-bond donors (Lipinski definition) is 1. The van der Waals surface area contributed by atoms with E-state index in [-0.39, 0.29) is 0 Å². The molecule has 1 heterocycles. The van der Waals surface area contributed by atoms with Gasteiger partial charge < -0.3 is 9.67 Å². The summed E-state index contributed by atoms with van der Waals surface area (Å²) in [5.41, 5.74) is 2.18. The normalized spacial score (nSPS) is 17.6. The zero-order valence-corrected chi connectivity index (χ0v) is 11.3. The maximum atomic E-state index is 11.5. The van der Waals surface area contributed by atoms with Crippen molar-refractivity contribution in [3.05, 3.63) is 30.1 Å². The van der Waals surface area contributed by atoms with Crippen LogP contribution in [-0.4, -0.2) is 20.6 Å². The van der Waals surface area contributed by atoms with E-state index in [1.165, 1.54) is 0 Å². The lowest BCUT2D eigenvalue weighted by atomic mass is 9.64. The molecule has 2 aromatic rings. The van der Waals surface area contributed by atoms with E-state index < -0.39 is 11.4 Å². The maximum absolute atomic E-state index is 11.5. The Morgan fingerprint density at radius 2 is 2.16 bits per heavy atom. The number of aromatic nitrogens is 2. The van der Waals surface area contributed by atoms with Gasteiger partial charge in [-0.15, -0.1) is 0 Å². The predicted molar refractivity (Wildman–Crippen MR) is 73.3 cm³/mol. The van der Waals surface area contributed by atoms with Crippen molar-refractivity contribution < 1.29 is 9.90 Å². The molecule has 1 aromatic carbocycles. The van der Waals surface area contributed by atoms with Gasteiger partial charge in [0, 0.05) is 6.04 Å². The lowest BCUT2D eigenvalue weighted by Crippen LogP contribution is -2.42. The first kappa shape index (κ1) is 12.2. The van der Waals surface area contributed by atoms with Crippen molar-refractivity contribution in [3.8, 4) is 0 Å². The van der Waals surface area contributed by atoms with Gasteiger partial charge in [0.05, 0.1) is 22.8 Å². The first-order valence-corrected chi connectivity index (χ1v) is 6.75. The molecular formula is C15H18N2O2. The van der Waals surface area contributed by atoms with Crippen LogP contribution in [0.5, 0.6) is 0 Å². The number of rotatable bonds is 3. The molecular weight excluding hydrogens is 240 g/mol. The molecule has 1 aliphatic carbocycles. The number of nitrogens with zero attached hydrogens (tertiary/aromatic N) is 2. The smallest absolute Gasteiger partial charge is 0.314 e. The van der Waals surface area contributed by atoms with Crippen molar-refractivity contribution in [2.75, 3.05) is 0 Å². The summed E-state index contributed by atoms with van der Waals surface area (Å²) in [7, 11) is 0. The number of carboxylic acids is 1. The molecule has 100 valence electrons. The fourth-order valence-electron chi connectivity index (χ4n) is 2.90. The van der Waals surface area contributed by atoms with Crippen molar-refractivity contribution in [1.82, 2.24) is 9.55 Å². The molecule has 0 bridgehead atoms. The van der Waals surface area contributed by atoms with Gasteiger partial charge in [-0.3, -0.25) is 4.79 Å². The Morgan fingerprint density at radius 3 is 2.68 bits per heavy atom. The highest BCUT2D eigenvalue weighted by atomic mass is 16.4. The lowest BCUT2D eigenvalue weighted by Gasteiger charge is -2.38. The fraction of sp³-hybridized carbons (Fsp3) is 0.467. The minimum atomic E-state index is -0.707. The average Bonchev–Trinajstić information content (AvgIpc) is 2.69. The zero-order valence-electron chi connectivity index (χ0n) is 11.3. The van der Waals surface area contributed by atoms with E-state index in [1.807, 2.05) is 24.5 Å². The lowest BCUT2D eigenvalue weighted by molar-refractivity contribution is -0.147. The Morgan fingerprint density at radius 1 is 1.42 bits per heavy atom. The molecule has 19 heavy (non-hydrogen) atoms. The standard InChI is InChI=1S/C15H18N2O2/c1-10(2)17-9-16-12-8-11(4-5-13(12)17)15(14(18)19)6-3-7-15/h4-5,8-10H,3,6-7H2,1-2H3,(H,18,19). The van der Waals surface area contributed by atoms with Gasteiger partial charge >= 0.3 is 5.97 Å². The summed E-state index contributed by atoms with van der Waals surface area (Å²) in [6.45, 7) is 4.22. The minimum Gasteiger partial charge on any atom is -0.481 e. The van der Waals surface area contributed by atoms with E-state index in [0.29, 0.717) is 6.04 Å². The molecule has 4 nitrogen and oxygen atoms in total. The summed E-state index contributed by atoms with van der Waals surface area (Å²) in [6, 6.07) is 6.26. The summed E-state index contributed by atoms with van der Waals surface area (Å²) < 4.78 is 2.10. The number of carboxylic acid groups (broad SMARTS) is 1. The van der Waals surface area contributed by atoms with Crippen LogP contribution in [0.2, 0.25) is 0 Å². The third-order valence-electron chi connectivity index (χ3n) is 4.30. The molecule has 1 fully saturated rings. The van der Waals surface area contributed by atoms with Crippen LogP contribution in [0.15, 0.2) is 24.5 Å². The highest BCUT2D eigenvalue weighted by Gasteiger charge is 2.46. The van der Waals surface area contributed by atoms with Crippen LogP contribution >= 0.6 is 0 Å². The topological polar surface area (TPSA) is 55.1 Å². The quantitative estimate of drug-likeness (QED) is 0.920. The SMILES string of the molecule is CC(C)n1cnc2cc(C3(C(=O)O)CCC3)ccc21. The molecule has 1 saturated carbocycles. The summed E-state index contributed by atoms with van der Waals surface area (Å²) >= 11 is 0. The number of imidazole rings is 1. The molecule has 0 spiro atoms. The van der Waals surface area contributed by atoms with Gasteiger partial charge in [0.1, 0.15) is 0 Å². The predicted octanol–water partition coefficient (Wildman–Crippen LogP) is 3.12. The average molecular weight is 258 g/mol. The highest BCUT2D eigenvalue weighted by molar-refractivity contribution is 5.85. The van der Waals surface area contributed by atoms with E-state index >= 15 is 0 Å². The molecule has 4 heteroatoms. The molecule has 0 radical (unpaired) electrons. The minimum absolute atomic E-state index is 0.355. The van der Waals surface area contributed by atoms with Gasteiger partial charge in [0.25, 0.3) is 0 Å². The Hall–Kier alpha value is -1.84. The first-order chi connectivity index (χ1) is 9.04. The molecule has 0 aliphatic heterocycles. The molecule has 0 atom stereocenters. The molecule has 1 N–H and O–H groups in total. The Bertz CT molecular complexity index is 639. The first-order valence-electron chi connectivity index (χ1n) is 6.75. The summed E-state index contributed by atoms with van der Waals surface area (Å²) in [5.74, 6) is -0.707. The van der Waals surface area contributed by atoms with Crippen molar-refractivity contribution >= 4 is 17.0 Å². The van der Waals surface area contributed by atoms with Crippen molar-refractivity contribution in [3.63, 3.8) is 0 Å². The molecule has 0 amide bonds. The van der Waals surface area contributed by atoms with E-state index in [2.05, 4.69) is 23.4 Å². The van der Waals surface area contributed by atoms with E-state index in [9.17, 15) is 9.90 Å². The third-order valence-corrected chi connectivity index (χ3v) is 4.30. The summed E-state index contributed by atoms with van der Waals surface area (Å²) in [5, 5.41) is 9.48. The van der Waals surface area contributed by atoms with E-state index in [4.69, 9.17) is 0 Å². The van der Waals surface area contributed by atoms with Crippen LogP contribution < -0.4 is 0 Å². The monoisotopic (exact) mass is 258 g/mol. The van der Waals surface area contributed by atoms with Crippen LogP contribution in [0.3, 0.4) is 0 Å². The van der Waals surface area contributed by atoms with E-state index in [0.717, 1.165) is 35.9 Å². The Balaban J connectivity index is 2.10. The molecule has 0 saturated heterocycles. The van der Waals surface area contributed by atoms with Crippen molar-refractivity contribution in [2.24, 2.45) is 0 Å². The third kappa shape index (κ3) is 1.66. The van der Waals surface area contributed by atoms with Crippen LogP contribution in [0.4, 0.5) is 0 Å². The number of benzene rings is 1. The van der Waals surface area contributed by atoms with Gasteiger partial charge in [-0.2, -0.15) is 0 Å². The second-order valence-electron chi connectivity index (χ2n) is 5.69. The number of hydrogen-bond acceptors (Lipinski definition) is 2. The maximum Gasteiger partial charge on any atom is 0.314 e. The van der Waals surface area contributed by atoms with Gasteiger partial charge in [-0.1, -0.05) is 12.5 Å². The zero-order chi connectivity index (χ0) is 13.6. The van der Waals surface area contributed by atoms with Crippen molar-refractivity contribution in [1.29, 1.82) is 0 Å². The van der Waals surface area contributed by atoms with Gasteiger partial charge in [0.15, 0.2) is 0 Å². The van der Waals surface area contributed by atoms with Crippen LogP contribution in [-0.2, 0) is 10.2 Å².